The van der Waals surface area contributed by atoms with Crippen LogP contribution in [-0.4, -0.2) is 87.8 Å². The van der Waals surface area contributed by atoms with Crippen molar-refractivity contribution in [1.29, 1.82) is 0 Å². The minimum atomic E-state index is -2.59. The fourth-order valence-corrected chi connectivity index (χ4v) is 6.38. The molecular weight excluding hydrogens is 532 g/mol. The molecule has 2 aromatic rings. The van der Waals surface area contributed by atoms with Gasteiger partial charge < -0.3 is 41.1 Å². The van der Waals surface area contributed by atoms with Crippen molar-refractivity contribution in [2.75, 3.05) is 19.7 Å². The Morgan fingerprint density at radius 2 is 2.02 bits per heavy atom. The molecule has 0 bridgehead atoms. The van der Waals surface area contributed by atoms with Crippen molar-refractivity contribution in [2.45, 2.75) is 62.2 Å². The zero-order valence-electron chi connectivity index (χ0n) is 23.0. The lowest BCUT2D eigenvalue weighted by atomic mass is 9.79. The standard InChI is InChI=1S/C27H34N8O6/c1-13-9-14(12-41-13)21(36)30-10-17-20-26(34-23(28)33-20)27(38,39)18(11-35(26)24(29)31-17)32-22(37)15-5-4-6-16-19(15)40-8-7-25(16,2)3/h4-6,9,12,17-18,20,38-39H,7-8,10-11H2,1-3H3,(H7,28,29,30,31,32,33,34,36,37)/p+1/t17-,18?,20-,26-/m0/s1. The zero-order valence-corrected chi connectivity index (χ0v) is 23.0. The van der Waals surface area contributed by atoms with Gasteiger partial charge in [-0.05, 0) is 30.9 Å². The molecule has 2 amide bonds. The first kappa shape index (κ1) is 26.9. The second-order valence-corrected chi connectivity index (χ2v) is 11.7. The number of rotatable bonds is 5. The molecule has 4 atom stereocenters. The molecule has 4 aliphatic rings. The van der Waals surface area contributed by atoms with E-state index in [0.29, 0.717) is 29.2 Å². The lowest BCUT2D eigenvalue weighted by Crippen LogP contribution is -2.79. The molecule has 14 nitrogen and oxygen atoms in total. The first-order valence-electron chi connectivity index (χ1n) is 13.5. The second-order valence-electron chi connectivity index (χ2n) is 11.7. The summed E-state index contributed by atoms with van der Waals surface area (Å²) in [6, 6.07) is 4.17. The SMILES string of the molecule is Cc1cc(C(=O)NC[C@@H]2NC(N)=[N+]3CC(NC(=O)c4cccc5c4OCCC5(C)C)C(O)(O)[C@@]34NC(N)=N[C@@H]24)co1. The van der Waals surface area contributed by atoms with Crippen LogP contribution in [0.2, 0.25) is 0 Å². The predicted molar refractivity (Wildman–Crippen MR) is 146 cm³/mol. The van der Waals surface area contributed by atoms with E-state index in [4.69, 9.17) is 20.6 Å². The number of carbonyl (C=O) groups is 2. The van der Waals surface area contributed by atoms with Crippen LogP contribution in [0.15, 0.2) is 39.9 Å². The van der Waals surface area contributed by atoms with E-state index in [1.54, 1.807) is 25.1 Å². The van der Waals surface area contributed by atoms with Crippen LogP contribution in [0.4, 0.5) is 0 Å². The quantitative estimate of drug-likeness (QED) is 0.149. The zero-order chi connectivity index (χ0) is 29.3. The molecule has 0 saturated carbocycles. The summed E-state index contributed by atoms with van der Waals surface area (Å²) in [6.45, 7) is 6.33. The molecule has 1 saturated heterocycles. The lowest BCUT2D eigenvalue weighted by Gasteiger charge is -2.43. The Labute approximate surface area is 235 Å². The third-order valence-electron chi connectivity index (χ3n) is 8.61. The number of benzene rings is 1. The van der Waals surface area contributed by atoms with Crippen LogP contribution < -0.4 is 37.5 Å². The van der Waals surface area contributed by atoms with Crippen LogP contribution in [0.3, 0.4) is 0 Å². The highest BCUT2D eigenvalue weighted by atomic mass is 16.5. The highest BCUT2D eigenvalue weighted by Crippen LogP contribution is 2.43. The topological polar surface area (TPSA) is 212 Å². The number of aliphatic imine (C=N–C) groups is 1. The molecule has 1 fully saturated rings. The van der Waals surface area contributed by atoms with Crippen LogP contribution in [0.25, 0.3) is 0 Å². The van der Waals surface area contributed by atoms with Crippen molar-refractivity contribution in [2.24, 2.45) is 16.5 Å². The van der Waals surface area contributed by atoms with Gasteiger partial charge in [-0.3, -0.25) is 20.6 Å². The number of amides is 2. The average molecular weight is 568 g/mol. The molecule has 1 aromatic heterocycles. The number of carbonyl (C=O) groups excluding carboxylic acids is 2. The maximum atomic E-state index is 13.6. The molecule has 4 aliphatic heterocycles. The molecule has 14 heteroatoms. The van der Waals surface area contributed by atoms with Gasteiger partial charge >= 0.3 is 5.96 Å². The largest absolute Gasteiger partial charge is 0.492 e. The number of nitrogens with zero attached hydrogens (tertiary/aromatic N) is 2. The number of hydrogen-bond acceptors (Lipinski definition) is 11. The van der Waals surface area contributed by atoms with Gasteiger partial charge in [-0.2, -0.15) is 0 Å². The summed E-state index contributed by atoms with van der Waals surface area (Å²) in [6.07, 6.45) is 2.16. The fraction of sp³-hybridized carbons (Fsp3) is 0.481. The van der Waals surface area contributed by atoms with Gasteiger partial charge in [-0.15, -0.1) is 0 Å². The minimum Gasteiger partial charge on any atom is -0.492 e. The van der Waals surface area contributed by atoms with E-state index in [2.05, 4.69) is 40.1 Å². The van der Waals surface area contributed by atoms with Crippen LogP contribution >= 0.6 is 0 Å². The van der Waals surface area contributed by atoms with Gasteiger partial charge in [0.15, 0.2) is 5.96 Å². The number of nitrogens with one attached hydrogen (secondary N) is 4. The van der Waals surface area contributed by atoms with Gasteiger partial charge in [0.25, 0.3) is 11.8 Å². The molecule has 10 N–H and O–H groups in total. The smallest absolute Gasteiger partial charge is 0.346 e. The summed E-state index contributed by atoms with van der Waals surface area (Å²) >= 11 is 0. The average Bonchev–Trinajstić information content (AvgIpc) is 3.57. The number of fused-ring (bicyclic) bond motifs is 1. The van der Waals surface area contributed by atoms with E-state index in [1.807, 2.05) is 6.07 Å². The fourth-order valence-electron chi connectivity index (χ4n) is 6.38. The lowest BCUT2D eigenvalue weighted by molar-refractivity contribution is -0.623. The van der Waals surface area contributed by atoms with Gasteiger partial charge in [0, 0.05) is 5.56 Å². The molecular formula is C27H35N8O6+. The number of nitrogens with two attached hydrogens (primary N) is 2. The van der Waals surface area contributed by atoms with E-state index in [-0.39, 0.29) is 36.3 Å². The van der Waals surface area contributed by atoms with Crippen LogP contribution in [-0.2, 0) is 5.41 Å². The van der Waals surface area contributed by atoms with Crippen molar-refractivity contribution >= 4 is 23.7 Å². The number of aliphatic hydroxyl groups is 2. The molecule has 1 spiro atoms. The van der Waals surface area contributed by atoms with E-state index in [9.17, 15) is 19.8 Å². The van der Waals surface area contributed by atoms with Crippen molar-refractivity contribution in [3.8, 4) is 5.75 Å². The molecule has 5 heterocycles. The predicted octanol–water partition coefficient (Wildman–Crippen LogP) is -1.85. The van der Waals surface area contributed by atoms with E-state index >= 15 is 0 Å². The number of aryl methyl sites for hydroxylation is 1. The summed E-state index contributed by atoms with van der Waals surface area (Å²) in [4.78, 5) is 30.7. The maximum Gasteiger partial charge on any atom is 0.346 e. The highest BCUT2D eigenvalue weighted by molar-refractivity contribution is 5.98. The highest BCUT2D eigenvalue weighted by Gasteiger charge is 2.75. The molecule has 41 heavy (non-hydrogen) atoms. The molecule has 6 rings (SSSR count). The van der Waals surface area contributed by atoms with E-state index in [1.165, 1.54) is 10.8 Å². The molecule has 218 valence electrons. The first-order chi connectivity index (χ1) is 19.3. The second kappa shape index (κ2) is 9.11. The third-order valence-corrected chi connectivity index (χ3v) is 8.61. The number of para-hydroxylation sites is 1. The Balaban J connectivity index is 1.27. The molecule has 0 aliphatic carbocycles. The van der Waals surface area contributed by atoms with E-state index < -0.39 is 35.5 Å². The summed E-state index contributed by atoms with van der Waals surface area (Å²) in [5.74, 6) is -2.36. The number of hydrogen-bond donors (Lipinski definition) is 8. The summed E-state index contributed by atoms with van der Waals surface area (Å²) in [7, 11) is 0. The Bertz CT molecular complexity index is 1500. The summed E-state index contributed by atoms with van der Waals surface area (Å²) < 4.78 is 12.6. The van der Waals surface area contributed by atoms with Gasteiger partial charge in [0.05, 0.1) is 30.8 Å². The maximum absolute atomic E-state index is 13.6. The van der Waals surface area contributed by atoms with Crippen LogP contribution in [0, 0.1) is 6.92 Å². The van der Waals surface area contributed by atoms with Gasteiger partial charge in [-0.25, -0.2) is 9.57 Å². The third kappa shape index (κ3) is 4.00. The molecule has 1 aromatic carbocycles. The number of ether oxygens (including phenoxy) is 1. The van der Waals surface area contributed by atoms with Gasteiger partial charge in [-0.1, -0.05) is 26.0 Å². The van der Waals surface area contributed by atoms with Crippen molar-refractivity contribution in [3.05, 3.63) is 53.0 Å². The van der Waals surface area contributed by atoms with Crippen LogP contribution in [0.1, 0.15) is 52.3 Å². The normalized spacial score (nSPS) is 28.7. The van der Waals surface area contributed by atoms with Crippen LogP contribution in [0.5, 0.6) is 5.75 Å². The molecule has 0 radical (unpaired) electrons. The number of guanidine groups is 2. The minimum absolute atomic E-state index is 0.0266. The molecule has 1 unspecified atom stereocenters. The van der Waals surface area contributed by atoms with Crippen molar-refractivity contribution < 1.29 is 33.5 Å². The summed E-state index contributed by atoms with van der Waals surface area (Å²) in [5, 5.41) is 35.0. The first-order valence-corrected chi connectivity index (χ1v) is 13.5. The van der Waals surface area contributed by atoms with Crippen molar-refractivity contribution in [1.82, 2.24) is 21.3 Å². The summed E-state index contributed by atoms with van der Waals surface area (Å²) in [5.41, 5.74) is 12.1. The van der Waals surface area contributed by atoms with Gasteiger partial charge in [0.2, 0.25) is 11.4 Å². The number of furan rings is 1. The Kier molecular flexibility index (Phi) is 5.98. The Hall–Kier alpha value is -4.30. The van der Waals surface area contributed by atoms with Gasteiger partial charge in [0.1, 0.15) is 35.9 Å². The monoisotopic (exact) mass is 567 g/mol. The Morgan fingerprint density at radius 3 is 2.76 bits per heavy atom. The van der Waals surface area contributed by atoms with Crippen molar-refractivity contribution in [3.63, 3.8) is 0 Å². The Morgan fingerprint density at radius 1 is 1.24 bits per heavy atom. The van der Waals surface area contributed by atoms with E-state index in [0.717, 1.165) is 12.0 Å².